The second kappa shape index (κ2) is 2.89. The van der Waals surface area contributed by atoms with E-state index in [0.717, 1.165) is 11.5 Å². The molecule has 0 radical (unpaired) electrons. The van der Waals surface area contributed by atoms with Crippen LogP contribution in [0.1, 0.15) is 5.56 Å². The lowest BCUT2D eigenvalue weighted by Crippen LogP contribution is -1.91. The fourth-order valence-electron chi connectivity index (χ4n) is 1.12. The predicted octanol–water partition coefficient (Wildman–Crippen LogP) is 2.28. The van der Waals surface area contributed by atoms with Crippen LogP contribution in [-0.2, 0) is 0 Å². The van der Waals surface area contributed by atoms with Gasteiger partial charge in [-0.3, -0.25) is 0 Å². The Kier molecular flexibility index (Phi) is 1.74. The second-order valence-electron chi connectivity index (χ2n) is 2.75. The molecule has 0 aliphatic carbocycles. The van der Waals surface area contributed by atoms with Crippen LogP contribution in [0.2, 0.25) is 0 Å². The monoisotopic (exact) mass is 162 g/mol. The molecule has 0 bridgehead atoms. The van der Waals surface area contributed by atoms with Crippen molar-refractivity contribution in [1.29, 1.82) is 0 Å². The lowest BCUT2D eigenvalue weighted by molar-refractivity contribution is 0.356. The Hall–Kier alpha value is -1.44. The van der Waals surface area contributed by atoms with Crippen LogP contribution in [0.25, 0.3) is 0 Å². The number of hydrogen-bond acceptors (Lipinski definition) is 2. The summed E-state index contributed by atoms with van der Waals surface area (Å²) < 4.78 is 10.7. The van der Waals surface area contributed by atoms with Gasteiger partial charge in [0.25, 0.3) is 0 Å². The second-order valence-corrected chi connectivity index (χ2v) is 2.75. The first kappa shape index (κ1) is 7.22. The molecule has 1 aromatic rings. The van der Waals surface area contributed by atoms with Crippen LogP contribution in [0.3, 0.4) is 0 Å². The van der Waals surface area contributed by atoms with Gasteiger partial charge in [-0.25, -0.2) is 0 Å². The van der Waals surface area contributed by atoms with Gasteiger partial charge in [0.05, 0.1) is 6.26 Å². The normalized spacial score (nSPS) is 14.1. The fourth-order valence-corrected chi connectivity index (χ4v) is 1.12. The third kappa shape index (κ3) is 1.28. The van der Waals surface area contributed by atoms with Crippen LogP contribution in [0.4, 0.5) is 0 Å². The summed E-state index contributed by atoms with van der Waals surface area (Å²) in [7, 11) is 0. The molecule has 62 valence electrons. The molecule has 1 aliphatic rings. The zero-order valence-electron chi connectivity index (χ0n) is 6.91. The Balaban J connectivity index is 2.42. The van der Waals surface area contributed by atoms with Crippen molar-refractivity contribution >= 4 is 0 Å². The molecule has 1 aliphatic heterocycles. The molecule has 0 saturated carbocycles. The number of benzene rings is 1. The maximum absolute atomic E-state index is 5.42. The topological polar surface area (TPSA) is 18.5 Å². The van der Waals surface area contributed by atoms with Gasteiger partial charge in [-0.05, 0) is 30.7 Å². The summed E-state index contributed by atoms with van der Waals surface area (Å²) in [4.78, 5) is 0. The molecule has 1 heterocycles. The van der Waals surface area contributed by atoms with Crippen LogP contribution >= 0.6 is 0 Å². The Morgan fingerprint density at radius 2 is 2.17 bits per heavy atom. The summed E-state index contributed by atoms with van der Waals surface area (Å²) in [5.41, 5.74) is 1.18. The fraction of sp³-hybridized carbons (Fsp3) is 0.200. The predicted molar refractivity (Wildman–Crippen MR) is 46.4 cm³/mol. The van der Waals surface area contributed by atoms with E-state index in [-0.39, 0.29) is 0 Å². The lowest BCUT2D eigenvalue weighted by atomic mass is 10.2. The quantitative estimate of drug-likeness (QED) is 0.582. The van der Waals surface area contributed by atoms with E-state index in [1.165, 1.54) is 5.56 Å². The molecule has 2 heteroatoms. The Labute approximate surface area is 71.4 Å². The van der Waals surface area contributed by atoms with Crippen molar-refractivity contribution in [3.63, 3.8) is 0 Å². The zero-order valence-corrected chi connectivity index (χ0v) is 6.91. The molecule has 0 saturated heterocycles. The van der Waals surface area contributed by atoms with Crippen LogP contribution in [0.15, 0.2) is 30.5 Å². The summed E-state index contributed by atoms with van der Waals surface area (Å²) in [6, 6.07) is 5.89. The van der Waals surface area contributed by atoms with Crippen molar-refractivity contribution < 1.29 is 9.47 Å². The highest BCUT2D eigenvalue weighted by atomic mass is 16.5. The Bertz CT molecular complexity index is 316. The van der Waals surface area contributed by atoms with Gasteiger partial charge >= 0.3 is 0 Å². The number of ether oxygens (including phenoxy) is 2. The van der Waals surface area contributed by atoms with Crippen molar-refractivity contribution in [2.45, 2.75) is 6.92 Å². The summed E-state index contributed by atoms with van der Waals surface area (Å²) in [5, 5.41) is 0. The first-order chi connectivity index (χ1) is 5.86. The molecule has 2 nitrogen and oxygen atoms in total. The highest BCUT2D eigenvalue weighted by Gasteiger charge is 2.05. The molecule has 0 amide bonds. The van der Waals surface area contributed by atoms with E-state index >= 15 is 0 Å². The van der Waals surface area contributed by atoms with Crippen molar-refractivity contribution in [1.82, 2.24) is 0 Å². The minimum Gasteiger partial charge on any atom is -0.485 e. The average Bonchev–Trinajstić information content (AvgIpc) is 2.28. The molecule has 12 heavy (non-hydrogen) atoms. The number of hydrogen-bond donors (Lipinski definition) is 0. The summed E-state index contributed by atoms with van der Waals surface area (Å²) in [5.74, 6) is 1.61. The molecule has 0 unspecified atom stereocenters. The minimum atomic E-state index is 0.580. The van der Waals surface area contributed by atoms with Gasteiger partial charge in [0, 0.05) is 0 Å². The van der Waals surface area contributed by atoms with E-state index in [4.69, 9.17) is 9.47 Å². The van der Waals surface area contributed by atoms with Gasteiger partial charge in [0.15, 0.2) is 11.5 Å². The molecule has 1 aromatic carbocycles. The maximum atomic E-state index is 5.42. The molecule has 0 spiro atoms. The summed E-state index contributed by atoms with van der Waals surface area (Å²) in [6.45, 7) is 2.61. The van der Waals surface area contributed by atoms with E-state index in [1.807, 2.05) is 31.2 Å². The molecule has 0 fully saturated rings. The van der Waals surface area contributed by atoms with Crippen LogP contribution < -0.4 is 9.47 Å². The first-order valence-corrected chi connectivity index (χ1v) is 3.91. The van der Waals surface area contributed by atoms with Gasteiger partial charge in [0.2, 0.25) is 0 Å². The molecular formula is C10H10O2. The highest BCUT2D eigenvalue weighted by molar-refractivity contribution is 5.43. The van der Waals surface area contributed by atoms with E-state index in [1.54, 1.807) is 6.26 Å². The van der Waals surface area contributed by atoms with Crippen molar-refractivity contribution in [2.24, 2.45) is 0 Å². The smallest absolute Gasteiger partial charge is 0.168 e. The van der Waals surface area contributed by atoms with Gasteiger partial charge in [-0.15, -0.1) is 0 Å². The number of fused-ring (bicyclic) bond motifs is 1. The molecular weight excluding hydrogens is 152 g/mol. The molecule has 0 aromatic heterocycles. The third-order valence-corrected chi connectivity index (χ3v) is 1.73. The van der Waals surface area contributed by atoms with Gasteiger partial charge in [-0.1, -0.05) is 6.07 Å². The summed E-state index contributed by atoms with van der Waals surface area (Å²) >= 11 is 0. The van der Waals surface area contributed by atoms with Crippen molar-refractivity contribution in [2.75, 3.05) is 6.61 Å². The maximum Gasteiger partial charge on any atom is 0.168 e. The third-order valence-electron chi connectivity index (χ3n) is 1.73. The largest absolute Gasteiger partial charge is 0.485 e. The molecule has 2 rings (SSSR count). The van der Waals surface area contributed by atoms with Crippen molar-refractivity contribution in [3.05, 3.63) is 36.1 Å². The lowest BCUT2D eigenvalue weighted by Gasteiger charge is -2.06. The van der Waals surface area contributed by atoms with E-state index in [2.05, 4.69) is 0 Å². The van der Waals surface area contributed by atoms with Crippen LogP contribution in [-0.4, -0.2) is 6.61 Å². The standard InChI is InChI=1S/C10H10O2/c1-8-3-4-9-10(7-8)12-6-2-5-11-9/h2-5,7H,6H2,1H3. The summed E-state index contributed by atoms with van der Waals surface area (Å²) in [6.07, 6.45) is 3.50. The van der Waals surface area contributed by atoms with Gasteiger partial charge < -0.3 is 9.47 Å². The highest BCUT2D eigenvalue weighted by Crippen LogP contribution is 2.29. The number of aryl methyl sites for hydroxylation is 1. The Morgan fingerprint density at radius 1 is 1.25 bits per heavy atom. The van der Waals surface area contributed by atoms with Crippen LogP contribution in [0, 0.1) is 6.92 Å². The SMILES string of the molecule is Cc1ccc2c(c1)OCC=CO2. The van der Waals surface area contributed by atoms with Crippen molar-refractivity contribution in [3.8, 4) is 11.5 Å². The van der Waals surface area contributed by atoms with E-state index in [9.17, 15) is 0 Å². The van der Waals surface area contributed by atoms with E-state index in [0.29, 0.717) is 6.61 Å². The number of rotatable bonds is 0. The average molecular weight is 162 g/mol. The molecule has 0 N–H and O–H groups in total. The van der Waals surface area contributed by atoms with E-state index < -0.39 is 0 Å². The Morgan fingerprint density at radius 3 is 3.08 bits per heavy atom. The van der Waals surface area contributed by atoms with Crippen LogP contribution in [0.5, 0.6) is 11.5 Å². The zero-order chi connectivity index (χ0) is 8.39. The molecule has 0 atom stereocenters. The van der Waals surface area contributed by atoms with Gasteiger partial charge in [-0.2, -0.15) is 0 Å². The van der Waals surface area contributed by atoms with Gasteiger partial charge in [0.1, 0.15) is 6.61 Å². The first-order valence-electron chi connectivity index (χ1n) is 3.91. The minimum absolute atomic E-state index is 0.580.